The fraction of sp³-hybridized carbons (Fsp3) is 0.391. The Balaban J connectivity index is 1.79. The van der Waals surface area contributed by atoms with Gasteiger partial charge < -0.3 is 14.8 Å². The minimum absolute atomic E-state index is 0.0346. The zero-order valence-electron chi connectivity index (χ0n) is 21.8. The van der Waals surface area contributed by atoms with Crippen molar-refractivity contribution < 1.29 is 40.8 Å². The van der Waals surface area contributed by atoms with Gasteiger partial charge in [0, 0.05) is 12.2 Å². The summed E-state index contributed by atoms with van der Waals surface area (Å²) in [6.45, 7) is 1.62. The van der Waals surface area contributed by atoms with Crippen LogP contribution < -0.4 is 14.8 Å². The third kappa shape index (κ3) is 4.83. The second-order valence-electron chi connectivity index (χ2n) is 8.27. The SMILES string of the molecule is [2H]C([2H])([2H])Oc1ccc([C@@H](CS(C)(=O)=O)N2C(=O)c3c(F)ccc(NC(=O)C4CC4)c3C2=O)nc1OCC. The highest BCUT2D eigenvalue weighted by molar-refractivity contribution is 7.90. The summed E-state index contributed by atoms with van der Waals surface area (Å²) in [6.07, 6.45) is 2.22. The zero-order valence-corrected chi connectivity index (χ0v) is 19.6. The van der Waals surface area contributed by atoms with Gasteiger partial charge in [-0.05, 0) is 44.0 Å². The summed E-state index contributed by atoms with van der Waals surface area (Å²) in [5.74, 6) is -5.12. The molecular formula is C23H24FN3O7S. The van der Waals surface area contributed by atoms with E-state index in [1.807, 2.05) is 0 Å². The molecule has 2 heterocycles. The number of halogens is 1. The fourth-order valence-electron chi connectivity index (χ4n) is 3.83. The zero-order chi connectivity index (χ0) is 28.0. The molecule has 1 aliphatic carbocycles. The number of sulfone groups is 1. The third-order valence-corrected chi connectivity index (χ3v) is 6.50. The molecule has 4 rings (SSSR count). The number of aromatic nitrogens is 1. The molecular weight excluding hydrogens is 481 g/mol. The van der Waals surface area contributed by atoms with Crippen LogP contribution in [0.4, 0.5) is 10.1 Å². The number of benzene rings is 1. The number of methoxy groups -OCH3 is 1. The number of nitrogens with zero attached hydrogens (tertiary/aromatic N) is 2. The Labute approximate surface area is 205 Å². The van der Waals surface area contributed by atoms with Gasteiger partial charge in [0.1, 0.15) is 15.7 Å². The summed E-state index contributed by atoms with van der Waals surface area (Å²) in [5, 5.41) is 2.56. The van der Waals surface area contributed by atoms with Crippen LogP contribution in [-0.2, 0) is 14.6 Å². The van der Waals surface area contributed by atoms with Crippen LogP contribution in [0.3, 0.4) is 0 Å². The van der Waals surface area contributed by atoms with Gasteiger partial charge in [0.25, 0.3) is 17.7 Å². The number of carbonyl (C=O) groups excluding carboxylic acids is 3. The number of ether oxygens (including phenoxy) is 2. The number of hydrogen-bond acceptors (Lipinski definition) is 8. The van der Waals surface area contributed by atoms with E-state index >= 15 is 0 Å². The van der Waals surface area contributed by atoms with E-state index in [9.17, 15) is 27.2 Å². The normalized spacial score (nSPS) is 17.8. The first-order valence-corrected chi connectivity index (χ1v) is 12.8. The third-order valence-electron chi connectivity index (χ3n) is 5.58. The summed E-state index contributed by atoms with van der Waals surface area (Å²) in [5.41, 5.74) is -1.21. The maximum atomic E-state index is 14.8. The van der Waals surface area contributed by atoms with Gasteiger partial charge in [-0.15, -0.1) is 0 Å². The second-order valence-corrected chi connectivity index (χ2v) is 10.5. The Morgan fingerprint density at radius 3 is 2.60 bits per heavy atom. The van der Waals surface area contributed by atoms with E-state index in [1.54, 1.807) is 6.92 Å². The number of amides is 3. The Morgan fingerprint density at radius 2 is 1.97 bits per heavy atom. The van der Waals surface area contributed by atoms with Gasteiger partial charge in [0.2, 0.25) is 5.91 Å². The molecule has 186 valence electrons. The molecule has 1 N–H and O–H groups in total. The predicted molar refractivity (Wildman–Crippen MR) is 123 cm³/mol. The van der Waals surface area contributed by atoms with E-state index in [2.05, 4.69) is 10.3 Å². The summed E-state index contributed by atoms with van der Waals surface area (Å²) in [7, 11) is -6.71. The Hall–Kier alpha value is -3.54. The number of fused-ring (bicyclic) bond motifs is 1. The average Bonchev–Trinajstić information content (AvgIpc) is 3.61. The topological polar surface area (TPSA) is 132 Å². The van der Waals surface area contributed by atoms with E-state index in [4.69, 9.17) is 13.6 Å². The number of pyridine rings is 1. The Kier molecular flexibility index (Phi) is 5.50. The van der Waals surface area contributed by atoms with Crippen LogP contribution in [0.5, 0.6) is 11.6 Å². The average molecular weight is 509 g/mol. The molecule has 35 heavy (non-hydrogen) atoms. The minimum Gasteiger partial charge on any atom is -0.491 e. The maximum Gasteiger partial charge on any atom is 0.265 e. The highest BCUT2D eigenvalue weighted by atomic mass is 32.2. The van der Waals surface area contributed by atoms with Gasteiger partial charge in [-0.25, -0.2) is 17.8 Å². The molecule has 2 aromatic rings. The molecule has 2 aliphatic rings. The molecule has 12 heteroatoms. The highest BCUT2D eigenvalue weighted by Gasteiger charge is 2.46. The van der Waals surface area contributed by atoms with Crippen LogP contribution in [0.15, 0.2) is 24.3 Å². The van der Waals surface area contributed by atoms with Gasteiger partial charge in [0.05, 0.1) is 52.1 Å². The molecule has 0 bridgehead atoms. The lowest BCUT2D eigenvalue weighted by atomic mass is 10.1. The highest BCUT2D eigenvalue weighted by Crippen LogP contribution is 2.39. The first-order chi connectivity index (χ1) is 17.7. The molecule has 1 aromatic carbocycles. The Bertz CT molecular complexity index is 1430. The van der Waals surface area contributed by atoms with E-state index in [0.29, 0.717) is 17.7 Å². The van der Waals surface area contributed by atoms with Crippen molar-refractivity contribution in [2.75, 3.05) is 31.0 Å². The first-order valence-electron chi connectivity index (χ1n) is 12.2. The molecule has 1 atom stereocenters. The van der Waals surface area contributed by atoms with Crippen LogP contribution in [0.1, 0.15) is 56.3 Å². The van der Waals surface area contributed by atoms with E-state index in [-0.39, 0.29) is 41.4 Å². The van der Waals surface area contributed by atoms with Crippen molar-refractivity contribution in [2.45, 2.75) is 25.8 Å². The van der Waals surface area contributed by atoms with Crippen LogP contribution in [-0.4, -0.2) is 61.7 Å². The lowest BCUT2D eigenvalue weighted by molar-refractivity contribution is -0.117. The second kappa shape index (κ2) is 9.25. The summed E-state index contributed by atoms with van der Waals surface area (Å²) < 4.78 is 71.7. The lowest BCUT2D eigenvalue weighted by Gasteiger charge is -2.26. The predicted octanol–water partition coefficient (Wildman–Crippen LogP) is 2.36. The quantitative estimate of drug-likeness (QED) is 0.511. The standard InChI is InChI=1S/C23H24FN3O7S/c1-4-34-21-17(33-2)10-9-14(26-21)16(11-35(3,31)32)27-22(29)18-13(24)7-8-15(19(18)23(27)30)25-20(28)12-5-6-12/h7-10,12,16H,4-6,11H2,1-3H3,(H,25,28)/t16-/m1/s1/i2D3. The Morgan fingerprint density at radius 1 is 1.26 bits per heavy atom. The molecule has 10 nitrogen and oxygen atoms in total. The molecule has 0 unspecified atom stereocenters. The number of nitrogens with one attached hydrogen (secondary N) is 1. The molecule has 1 aromatic heterocycles. The maximum absolute atomic E-state index is 14.8. The lowest BCUT2D eigenvalue weighted by Crippen LogP contribution is -2.38. The van der Waals surface area contributed by atoms with Crippen LogP contribution in [0.25, 0.3) is 0 Å². The van der Waals surface area contributed by atoms with Crippen LogP contribution in [0.2, 0.25) is 0 Å². The van der Waals surface area contributed by atoms with Crippen LogP contribution >= 0.6 is 0 Å². The van der Waals surface area contributed by atoms with Crippen molar-refractivity contribution in [3.05, 3.63) is 46.9 Å². The van der Waals surface area contributed by atoms with Crippen molar-refractivity contribution in [1.82, 2.24) is 9.88 Å². The number of hydrogen-bond donors (Lipinski definition) is 1. The van der Waals surface area contributed by atoms with Gasteiger partial charge >= 0.3 is 0 Å². The van der Waals surface area contributed by atoms with Gasteiger partial charge in [-0.2, -0.15) is 0 Å². The smallest absolute Gasteiger partial charge is 0.265 e. The summed E-state index contributed by atoms with van der Waals surface area (Å²) in [6, 6.07) is 2.92. The van der Waals surface area contributed by atoms with Gasteiger partial charge in [0.15, 0.2) is 5.75 Å². The minimum atomic E-state index is -3.86. The van der Waals surface area contributed by atoms with Crippen molar-refractivity contribution >= 4 is 33.2 Å². The van der Waals surface area contributed by atoms with E-state index in [1.165, 1.54) is 12.1 Å². The van der Waals surface area contributed by atoms with Crippen molar-refractivity contribution in [2.24, 2.45) is 5.92 Å². The fourth-order valence-corrected chi connectivity index (χ4v) is 4.73. The molecule has 0 radical (unpaired) electrons. The summed E-state index contributed by atoms with van der Waals surface area (Å²) in [4.78, 5) is 44.0. The summed E-state index contributed by atoms with van der Waals surface area (Å²) >= 11 is 0. The molecule has 0 spiro atoms. The molecule has 1 fully saturated rings. The molecule has 1 aliphatic heterocycles. The van der Waals surface area contributed by atoms with Gasteiger partial charge in [-0.3, -0.25) is 19.3 Å². The number of imide groups is 1. The van der Waals surface area contributed by atoms with Crippen molar-refractivity contribution in [3.63, 3.8) is 0 Å². The first kappa shape index (κ1) is 20.8. The van der Waals surface area contributed by atoms with E-state index < -0.39 is 57.4 Å². The van der Waals surface area contributed by atoms with Gasteiger partial charge in [-0.1, -0.05) is 0 Å². The van der Waals surface area contributed by atoms with Crippen molar-refractivity contribution in [1.29, 1.82) is 0 Å². The van der Waals surface area contributed by atoms with Crippen molar-refractivity contribution in [3.8, 4) is 11.6 Å². The molecule has 3 amide bonds. The monoisotopic (exact) mass is 508 g/mol. The van der Waals surface area contributed by atoms with E-state index in [0.717, 1.165) is 18.4 Å². The van der Waals surface area contributed by atoms with Crippen LogP contribution in [0, 0.1) is 11.7 Å². The number of rotatable bonds is 9. The molecule has 0 saturated heterocycles. The number of anilines is 1. The number of carbonyl (C=O) groups is 3. The molecule has 1 saturated carbocycles. The largest absolute Gasteiger partial charge is 0.491 e.